The van der Waals surface area contributed by atoms with E-state index in [1.807, 2.05) is 23.0 Å². The lowest BCUT2D eigenvalue weighted by atomic mass is 9.61. The fourth-order valence-electron chi connectivity index (χ4n) is 5.37. The number of nitrogens with zero attached hydrogens (tertiary/aromatic N) is 3. The van der Waals surface area contributed by atoms with E-state index in [0.29, 0.717) is 18.8 Å². The molecule has 5 rings (SSSR count). The molecule has 0 N–H and O–H groups in total. The highest BCUT2D eigenvalue weighted by Crippen LogP contribution is 2.47. The van der Waals surface area contributed by atoms with Crippen molar-refractivity contribution in [3.05, 3.63) is 57.0 Å². The third-order valence-corrected chi connectivity index (χ3v) is 10.4. The SMILES string of the molecule is CCC(B1OC(C)(C)C(C)(C)O1)=C(B1OC(C)(C)C(C)(C)O1)c1cc2cnn(C(C)C)c2cc1OCc1ncccc1I. The molecule has 2 saturated heterocycles. The molecule has 2 aliphatic heterocycles. The summed E-state index contributed by atoms with van der Waals surface area (Å²) in [6, 6.07) is 8.37. The van der Waals surface area contributed by atoms with E-state index in [9.17, 15) is 0 Å². The van der Waals surface area contributed by atoms with Crippen LogP contribution in [0.4, 0.5) is 0 Å². The van der Waals surface area contributed by atoms with E-state index in [4.69, 9.17) is 28.5 Å². The first-order valence-corrected chi connectivity index (χ1v) is 16.2. The van der Waals surface area contributed by atoms with Crippen LogP contribution in [0.2, 0.25) is 0 Å². The summed E-state index contributed by atoms with van der Waals surface area (Å²) in [5, 5.41) is 5.71. The molecule has 0 spiro atoms. The number of halogens is 1. The molecule has 8 nitrogen and oxygen atoms in total. The van der Waals surface area contributed by atoms with Crippen molar-refractivity contribution in [3.63, 3.8) is 0 Å². The van der Waals surface area contributed by atoms with Crippen molar-refractivity contribution in [2.45, 2.75) is 118 Å². The molecule has 1 aromatic carbocycles. The lowest BCUT2D eigenvalue weighted by molar-refractivity contribution is 0.00578. The largest absolute Gasteiger partial charge is 0.494 e. The second-order valence-corrected chi connectivity index (χ2v) is 14.9. The maximum atomic E-state index is 6.74. The molecule has 0 aliphatic carbocycles. The zero-order chi connectivity index (χ0) is 31.5. The fraction of sp³-hybridized carbons (Fsp3) is 0.562. The van der Waals surface area contributed by atoms with Crippen LogP contribution in [0, 0.1) is 3.57 Å². The smallest absolute Gasteiger partial charge is 0.487 e. The maximum absolute atomic E-state index is 6.74. The van der Waals surface area contributed by atoms with E-state index in [1.165, 1.54) is 0 Å². The van der Waals surface area contributed by atoms with E-state index in [1.54, 1.807) is 6.20 Å². The molecule has 4 heterocycles. The Hall–Kier alpha value is -1.92. The zero-order valence-electron chi connectivity index (χ0n) is 27.4. The molecule has 2 aliphatic rings. The standard InChI is InChI=1S/C32H44B2IN3O5/c1-12-23(33-40-29(4,5)30(6,7)41-33)28(34-42-31(8,9)32(10,11)43-34)22-16-21-18-37-38(20(2)3)26(21)17-27(22)39-19-25-24(35)14-13-15-36-25/h13-18,20H,12,19H2,1-11H3. The van der Waals surface area contributed by atoms with Crippen LogP contribution < -0.4 is 4.74 Å². The summed E-state index contributed by atoms with van der Waals surface area (Å²) in [5.41, 5.74) is 2.46. The van der Waals surface area contributed by atoms with Crippen molar-refractivity contribution in [1.82, 2.24) is 14.8 Å². The minimum Gasteiger partial charge on any atom is -0.487 e. The summed E-state index contributed by atoms with van der Waals surface area (Å²) >= 11 is 2.30. The molecule has 0 unspecified atom stereocenters. The van der Waals surface area contributed by atoms with Crippen LogP contribution in [0.3, 0.4) is 0 Å². The van der Waals surface area contributed by atoms with Crippen molar-refractivity contribution in [2.24, 2.45) is 0 Å². The predicted octanol–water partition coefficient (Wildman–Crippen LogP) is 7.62. The molecule has 2 fully saturated rings. The number of hydrogen-bond donors (Lipinski definition) is 0. The van der Waals surface area contributed by atoms with Crippen LogP contribution in [-0.2, 0) is 25.2 Å². The van der Waals surface area contributed by atoms with Gasteiger partial charge in [0.05, 0.1) is 39.8 Å². The summed E-state index contributed by atoms with van der Waals surface area (Å²) in [7, 11) is -1.25. The highest BCUT2D eigenvalue weighted by Gasteiger charge is 2.57. The first kappa shape index (κ1) is 32.5. The van der Waals surface area contributed by atoms with E-state index < -0.39 is 36.6 Å². The van der Waals surface area contributed by atoms with Crippen molar-refractivity contribution < 1.29 is 23.4 Å². The van der Waals surface area contributed by atoms with Crippen molar-refractivity contribution >= 4 is 53.2 Å². The highest BCUT2D eigenvalue weighted by molar-refractivity contribution is 14.1. The molecule has 0 atom stereocenters. The Kier molecular flexibility index (Phi) is 8.66. The molecule has 0 saturated carbocycles. The average molecular weight is 699 g/mol. The number of hydrogen-bond acceptors (Lipinski definition) is 7. The van der Waals surface area contributed by atoms with E-state index in [-0.39, 0.29) is 6.04 Å². The Balaban J connectivity index is 1.74. The molecule has 11 heteroatoms. The van der Waals surface area contributed by atoms with Crippen molar-refractivity contribution in [3.8, 4) is 5.75 Å². The van der Waals surface area contributed by atoms with Crippen LogP contribution in [0.25, 0.3) is 16.4 Å². The van der Waals surface area contributed by atoms with Gasteiger partial charge in [0.1, 0.15) is 12.4 Å². The molecular weight excluding hydrogens is 655 g/mol. The molecule has 0 amide bonds. The average Bonchev–Trinajstić information content (AvgIpc) is 3.48. The number of allylic oxidation sites excluding steroid dienone is 1. The summed E-state index contributed by atoms with van der Waals surface area (Å²) in [6.07, 6.45) is 4.37. The Bertz CT molecular complexity index is 1520. The monoisotopic (exact) mass is 699 g/mol. The number of aromatic nitrogens is 3. The van der Waals surface area contributed by atoms with E-state index in [2.05, 4.69) is 116 Å². The molecule has 230 valence electrons. The van der Waals surface area contributed by atoms with Crippen molar-refractivity contribution in [1.29, 1.82) is 0 Å². The van der Waals surface area contributed by atoms with Gasteiger partial charge in [-0.15, -0.1) is 0 Å². The lowest BCUT2D eigenvalue weighted by Gasteiger charge is -2.32. The maximum Gasteiger partial charge on any atom is 0.494 e. The van der Waals surface area contributed by atoms with Gasteiger partial charge in [-0.3, -0.25) is 9.67 Å². The van der Waals surface area contributed by atoms with Gasteiger partial charge in [0.25, 0.3) is 0 Å². The lowest BCUT2D eigenvalue weighted by Crippen LogP contribution is -2.41. The van der Waals surface area contributed by atoms with Crippen LogP contribution in [-0.4, -0.2) is 51.4 Å². The number of ether oxygens (including phenoxy) is 1. The molecular formula is C32H44B2IN3O5. The van der Waals surface area contributed by atoms with Gasteiger partial charge in [0, 0.05) is 32.8 Å². The Morgan fingerprint density at radius 3 is 2.05 bits per heavy atom. The molecule has 0 radical (unpaired) electrons. The summed E-state index contributed by atoms with van der Waals surface area (Å²) in [5.74, 6) is 0.698. The number of pyridine rings is 1. The Labute approximate surface area is 270 Å². The van der Waals surface area contributed by atoms with Gasteiger partial charge in [-0.1, -0.05) is 6.92 Å². The van der Waals surface area contributed by atoms with Crippen LogP contribution in [0.5, 0.6) is 5.75 Å². The first-order chi connectivity index (χ1) is 20.0. The predicted molar refractivity (Wildman–Crippen MR) is 181 cm³/mol. The summed E-state index contributed by atoms with van der Waals surface area (Å²) < 4.78 is 36.5. The fourth-order valence-corrected chi connectivity index (χ4v) is 5.87. The molecule has 43 heavy (non-hydrogen) atoms. The molecule has 0 bridgehead atoms. The van der Waals surface area contributed by atoms with Gasteiger partial charge in [0.2, 0.25) is 0 Å². The quantitative estimate of drug-likeness (QED) is 0.177. The molecule has 3 aromatic rings. The minimum absolute atomic E-state index is 0.182. The number of rotatable bonds is 8. The third-order valence-electron chi connectivity index (χ3n) is 9.43. The summed E-state index contributed by atoms with van der Waals surface area (Å²) in [6.45, 7) is 23.3. The Morgan fingerprint density at radius 2 is 1.51 bits per heavy atom. The number of benzene rings is 1. The van der Waals surface area contributed by atoms with Crippen molar-refractivity contribution in [2.75, 3.05) is 0 Å². The van der Waals surface area contributed by atoms with E-state index >= 15 is 0 Å². The van der Waals surface area contributed by atoms with Crippen LogP contribution >= 0.6 is 22.6 Å². The topological polar surface area (TPSA) is 76.9 Å². The number of fused-ring (bicyclic) bond motifs is 1. The van der Waals surface area contributed by atoms with Gasteiger partial charge < -0.3 is 23.4 Å². The van der Waals surface area contributed by atoms with Gasteiger partial charge in [-0.2, -0.15) is 5.10 Å². The third kappa shape index (κ3) is 5.92. The van der Waals surface area contributed by atoms with E-state index in [0.717, 1.165) is 36.7 Å². The Morgan fingerprint density at radius 1 is 0.930 bits per heavy atom. The van der Waals surface area contributed by atoms with Gasteiger partial charge in [-0.25, -0.2) is 0 Å². The highest BCUT2D eigenvalue weighted by atomic mass is 127. The molecule has 2 aromatic heterocycles. The minimum atomic E-state index is -0.672. The van der Waals surface area contributed by atoms with Gasteiger partial charge in [-0.05, 0) is 127 Å². The second kappa shape index (κ2) is 11.5. The van der Waals surface area contributed by atoms with Crippen LogP contribution in [0.15, 0.2) is 42.1 Å². The normalized spacial score (nSPS) is 21.1. The van der Waals surface area contributed by atoms with Gasteiger partial charge >= 0.3 is 14.2 Å². The summed E-state index contributed by atoms with van der Waals surface area (Å²) in [4.78, 5) is 4.58. The van der Waals surface area contributed by atoms with Crippen LogP contribution in [0.1, 0.15) is 99.9 Å². The second-order valence-electron chi connectivity index (χ2n) is 13.8. The first-order valence-electron chi connectivity index (χ1n) is 15.2. The van der Waals surface area contributed by atoms with Gasteiger partial charge in [0.15, 0.2) is 0 Å². The zero-order valence-corrected chi connectivity index (χ0v) is 29.5.